The molecule has 6 nitrogen and oxygen atoms in total. The lowest BCUT2D eigenvalue weighted by Crippen LogP contribution is -1.91. The summed E-state index contributed by atoms with van der Waals surface area (Å²) in [5, 5.41) is 26.1. The van der Waals surface area contributed by atoms with Gasteiger partial charge in [0.05, 0.1) is 12.8 Å². The monoisotopic (exact) mass is 332 g/mol. The molecule has 0 atom stereocenters. The van der Waals surface area contributed by atoms with Crippen molar-refractivity contribution in [2.24, 2.45) is 4.99 Å². The average molecular weight is 332 g/mol. The number of aromatic amines is 1. The molecule has 2 aromatic carbocycles. The molecular weight excluding hydrogens is 316 g/mol. The third kappa shape index (κ3) is 3.67. The first-order valence-electron chi connectivity index (χ1n) is 7.63. The lowest BCUT2D eigenvalue weighted by molar-refractivity contribution is 0.373. The molecule has 1 heterocycles. The summed E-state index contributed by atoms with van der Waals surface area (Å²) in [6.07, 6.45) is 2.16. The summed E-state index contributed by atoms with van der Waals surface area (Å²) < 4.78 is 5.07. The van der Waals surface area contributed by atoms with Gasteiger partial charge in [0.15, 0.2) is 17.3 Å². The number of nitriles is 1. The molecule has 0 fully saturated rings. The van der Waals surface area contributed by atoms with Crippen LogP contribution in [0.3, 0.4) is 0 Å². The summed E-state index contributed by atoms with van der Waals surface area (Å²) in [6, 6.07) is 16.9. The van der Waals surface area contributed by atoms with E-state index in [1.165, 1.54) is 13.2 Å². The number of methoxy groups -OCH3 is 1. The molecule has 25 heavy (non-hydrogen) atoms. The van der Waals surface area contributed by atoms with Crippen LogP contribution in [0.15, 0.2) is 53.5 Å². The molecule has 0 amide bonds. The summed E-state index contributed by atoms with van der Waals surface area (Å²) in [5.74, 6) is 0.749. The third-order valence-electron chi connectivity index (χ3n) is 3.70. The van der Waals surface area contributed by atoms with Crippen molar-refractivity contribution in [1.82, 2.24) is 10.2 Å². The van der Waals surface area contributed by atoms with Crippen molar-refractivity contribution < 1.29 is 9.84 Å². The highest BCUT2D eigenvalue weighted by atomic mass is 16.5. The molecule has 3 aromatic rings. The molecule has 0 bridgehead atoms. The highest BCUT2D eigenvalue weighted by Crippen LogP contribution is 2.26. The third-order valence-corrected chi connectivity index (χ3v) is 3.70. The van der Waals surface area contributed by atoms with Gasteiger partial charge in [-0.15, -0.1) is 0 Å². The smallest absolute Gasteiger partial charge is 0.191 e. The number of phenols is 1. The quantitative estimate of drug-likeness (QED) is 0.701. The number of rotatable bonds is 5. The predicted octanol–water partition coefficient (Wildman–Crippen LogP) is 3.34. The maximum absolute atomic E-state index is 9.62. The molecule has 0 aliphatic rings. The van der Waals surface area contributed by atoms with E-state index in [4.69, 9.17) is 4.74 Å². The van der Waals surface area contributed by atoms with Gasteiger partial charge in [-0.05, 0) is 29.3 Å². The van der Waals surface area contributed by atoms with E-state index in [0.717, 1.165) is 16.8 Å². The van der Waals surface area contributed by atoms with Gasteiger partial charge in [0.2, 0.25) is 0 Å². The first kappa shape index (κ1) is 16.3. The SMILES string of the molecule is COc1cc(C=Nc2n[nH]c(Cc3ccccc3)c2C#N)ccc1O. The van der Waals surface area contributed by atoms with Gasteiger partial charge in [0.1, 0.15) is 11.6 Å². The van der Waals surface area contributed by atoms with Gasteiger partial charge >= 0.3 is 0 Å². The first-order chi connectivity index (χ1) is 12.2. The number of phenolic OH excluding ortho intramolecular Hbond substituents is 1. The van der Waals surface area contributed by atoms with E-state index in [1.54, 1.807) is 18.3 Å². The van der Waals surface area contributed by atoms with Crippen LogP contribution in [0.4, 0.5) is 5.82 Å². The number of aliphatic imine (C=N–C) groups is 1. The van der Waals surface area contributed by atoms with Crippen LogP contribution in [0.2, 0.25) is 0 Å². The van der Waals surface area contributed by atoms with E-state index in [-0.39, 0.29) is 5.75 Å². The molecule has 0 saturated carbocycles. The maximum atomic E-state index is 9.62. The van der Waals surface area contributed by atoms with Gasteiger partial charge in [0, 0.05) is 12.6 Å². The summed E-state index contributed by atoms with van der Waals surface area (Å²) >= 11 is 0. The number of ether oxygens (including phenoxy) is 1. The number of aromatic hydroxyl groups is 1. The van der Waals surface area contributed by atoms with Crippen molar-refractivity contribution in [3.05, 3.63) is 70.9 Å². The Morgan fingerprint density at radius 1 is 1.28 bits per heavy atom. The van der Waals surface area contributed by atoms with Gasteiger partial charge in [-0.1, -0.05) is 30.3 Å². The van der Waals surface area contributed by atoms with Crippen molar-refractivity contribution >= 4 is 12.0 Å². The Balaban J connectivity index is 1.85. The van der Waals surface area contributed by atoms with Crippen molar-refractivity contribution in [1.29, 1.82) is 5.26 Å². The molecule has 0 spiro atoms. The minimum atomic E-state index is 0.0577. The Morgan fingerprint density at radius 2 is 2.08 bits per heavy atom. The second-order valence-corrected chi connectivity index (χ2v) is 5.36. The van der Waals surface area contributed by atoms with Crippen molar-refractivity contribution in [2.45, 2.75) is 6.42 Å². The average Bonchev–Trinajstić information content (AvgIpc) is 3.03. The fourth-order valence-corrected chi connectivity index (χ4v) is 2.42. The van der Waals surface area contributed by atoms with Gasteiger partial charge in [-0.3, -0.25) is 5.10 Å². The zero-order chi connectivity index (χ0) is 17.6. The van der Waals surface area contributed by atoms with Crippen LogP contribution in [0, 0.1) is 11.3 Å². The standard InChI is InChI=1S/C19H16N4O2/c1-25-18-10-14(7-8-17(18)24)12-21-19-15(11-20)16(22-23-19)9-13-5-3-2-4-6-13/h2-8,10,12,24H,9H2,1H3,(H,22,23). The second kappa shape index (κ2) is 7.32. The highest BCUT2D eigenvalue weighted by Gasteiger charge is 2.12. The minimum absolute atomic E-state index is 0.0577. The van der Waals surface area contributed by atoms with Crippen LogP contribution < -0.4 is 4.74 Å². The number of aromatic nitrogens is 2. The topological polar surface area (TPSA) is 94.3 Å². The maximum Gasteiger partial charge on any atom is 0.191 e. The predicted molar refractivity (Wildman–Crippen MR) is 94.5 cm³/mol. The number of H-pyrrole nitrogens is 1. The molecule has 0 aliphatic carbocycles. The molecule has 6 heteroatoms. The minimum Gasteiger partial charge on any atom is -0.504 e. The summed E-state index contributed by atoms with van der Waals surface area (Å²) in [7, 11) is 1.48. The van der Waals surface area contributed by atoms with Crippen LogP contribution in [0.5, 0.6) is 11.5 Å². The van der Waals surface area contributed by atoms with Crippen LogP contribution >= 0.6 is 0 Å². The van der Waals surface area contributed by atoms with Gasteiger partial charge in [0.25, 0.3) is 0 Å². The molecular formula is C19H16N4O2. The molecule has 0 radical (unpaired) electrons. The van der Waals surface area contributed by atoms with Crippen LogP contribution in [0.25, 0.3) is 0 Å². The fraction of sp³-hybridized carbons (Fsp3) is 0.105. The molecule has 1 aromatic heterocycles. The van der Waals surface area contributed by atoms with Crippen LogP contribution in [0.1, 0.15) is 22.4 Å². The summed E-state index contributed by atoms with van der Waals surface area (Å²) in [4.78, 5) is 4.29. The molecule has 0 aliphatic heterocycles. The molecule has 0 unspecified atom stereocenters. The van der Waals surface area contributed by atoms with Crippen molar-refractivity contribution in [3.8, 4) is 17.6 Å². The molecule has 0 saturated heterocycles. The Hall–Kier alpha value is -3.59. The number of hydrogen-bond acceptors (Lipinski definition) is 5. The number of nitrogens with zero attached hydrogens (tertiary/aromatic N) is 3. The number of hydrogen-bond donors (Lipinski definition) is 2. The Labute approximate surface area is 145 Å². The number of benzene rings is 2. The highest BCUT2D eigenvalue weighted by molar-refractivity contribution is 5.83. The molecule has 2 N–H and O–H groups in total. The van der Waals surface area contributed by atoms with Crippen molar-refractivity contribution in [3.63, 3.8) is 0 Å². The largest absolute Gasteiger partial charge is 0.504 e. The van der Waals surface area contributed by atoms with Gasteiger partial charge in [-0.2, -0.15) is 10.4 Å². The first-order valence-corrected chi connectivity index (χ1v) is 7.63. The number of nitrogens with one attached hydrogen (secondary N) is 1. The van der Waals surface area contributed by atoms with E-state index in [2.05, 4.69) is 21.3 Å². The van der Waals surface area contributed by atoms with E-state index >= 15 is 0 Å². The van der Waals surface area contributed by atoms with Gasteiger partial charge in [-0.25, -0.2) is 4.99 Å². The van der Waals surface area contributed by atoms with Crippen LogP contribution in [-0.2, 0) is 6.42 Å². The summed E-state index contributed by atoms with van der Waals surface area (Å²) in [5.41, 5.74) is 2.96. The normalized spacial score (nSPS) is 10.7. The van der Waals surface area contributed by atoms with E-state index in [0.29, 0.717) is 23.6 Å². The Bertz CT molecular complexity index is 940. The van der Waals surface area contributed by atoms with Gasteiger partial charge < -0.3 is 9.84 Å². The zero-order valence-electron chi connectivity index (χ0n) is 13.6. The Kier molecular flexibility index (Phi) is 4.77. The van der Waals surface area contributed by atoms with Crippen molar-refractivity contribution in [2.75, 3.05) is 7.11 Å². The summed E-state index contributed by atoms with van der Waals surface area (Å²) in [6.45, 7) is 0. The fourth-order valence-electron chi connectivity index (χ4n) is 2.42. The van der Waals surface area contributed by atoms with E-state index in [9.17, 15) is 10.4 Å². The second-order valence-electron chi connectivity index (χ2n) is 5.36. The Morgan fingerprint density at radius 3 is 2.80 bits per heavy atom. The zero-order valence-corrected chi connectivity index (χ0v) is 13.6. The molecule has 3 rings (SSSR count). The van der Waals surface area contributed by atoms with E-state index < -0.39 is 0 Å². The van der Waals surface area contributed by atoms with E-state index in [1.807, 2.05) is 30.3 Å². The lowest BCUT2D eigenvalue weighted by atomic mass is 10.1. The molecule has 124 valence electrons. The van der Waals surface area contributed by atoms with Crippen LogP contribution in [-0.4, -0.2) is 28.6 Å². The lowest BCUT2D eigenvalue weighted by Gasteiger charge is -2.03.